The first-order valence-corrected chi connectivity index (χ1v) is 37.5. The molecule has 2 aromatic heterocycles. The van der Waals surface area contributed by atoms with Crippen LogP contribution in [0.1, 0.15) is 207 Å². The second kappa shape index (κ2) is 24.1. The molecule has 2 amide bonds. The Labute approximate surface area is 509 Å². The lowest BCUT2D eigenvalue weighted by atomic mass is 9.41. The summed E-state index contributed by atoms with van der Waals surface area (Å²) in [6.07, 6.45) is 26.2. The predicted molar refractivity (Wildman–Crippen MR) is 336 cm³/mol. The van der Waals surface area contributed by atoms with Crippen LogP contribution in [0.4, 0.5) is 10.6 Å². The van der Waals surface area contributed by atoms with Crippen LogP contribution in [0.5, 0.6) is 0 Å². The van der Waals surface area contributed by atoms with Gasteiger partial charge in [-0.2, -0.15) is 0 Å². The third-order valence-corrected chi connectivity index (χ3v) is 31.3. The number of aliphatic hydroxyl groups excluding tert-OH is 2. The van der Waals surface area contributed by atoms with Crippen molar-refractivity contribution < 1.29 is 31.8 Å². The van der Waals surface area contributed by atoms with Crippen molar-refractivity contribution in [2.75, 3.05) is 31.1 Å². The minimum absolute atomic E-state index is 0.0831. The van der Waals surface area contributed by atoms with Crippen LogP contribution in [-0.2, 0) is 20.0 Å². The fourth-order valence-corrected chi connectivity index (χ4v) is 26.2. The highest BCUT2D eigenvalue weighted by atomic mass is 32.2. The molecule has 13 nitrogen and oxygen atoms in total. The number of carbonyl (C=O) groups excluding carboxylic acids is 1. The number of carbonyl (C=O) groups is 1. The van der Waals surface area contributed by atoms with E-state index in [0.29, 0.717) is 126 Å². The topological polar surface area (TPSA) is 190 Å². The summed E-state index contributed by atoms with van der Waals surface area (Å²) in [7, 11) is -8.04. The van der Waals surface area contributed by atoms with Gasteiger partial charge in [-0.25, -0.2) is 31.3 Å². The SMILES string of the molecule is CC[C@H]1[C@@H](O)[C@@H]2[C@H](CC[C@]3(C)[C@@H]([C@H](C)CCNC(=S)NS(=O)(=O)c4ccc(C5CCN(c6ccc(S(=O)(=O)NC(=O)NCC[C@@H](C)[C@H]7CC[C@H]8[C@H]9C(CC[C@]78C)[C@@]7(C)CCCC[C@H]7[C@@H](CC)[C@H]9O)cn6)CC5)s4)CC[C@@H]23)[C@@]2(C)CCCC[C@@H]12. The molecule has 9 aliphatic rings. The number of aliphatic hydroxyl groups is 2. The van der Waals surface area contributed by atoms with Gasteiger partial charge in [-0.1, -0.05) is 93.9 Å². The fraction of sp³-hybridized carbons (Fsp3) is 0.833. The number of hydrogen-bond acceptors (Lipinski definition) is 11. The number of anilines is 1. The Morgan fingerprint density at radius 1 is 0.639 bits per heavy atom. The molecule has 0 radical (unpaired) electrons. The van der Waals surface area contributed by atoms with Crippen LogP contribution in [0.2, 0.25) is 0 Å². The zero-order valence-corrected chi connectivity index (χ0v) is 54.8. The third kappa shape index (κ3) is 11.2. The lowest BCUT2D eigenvalue weighted by Crippen LogP contribution is -2.61. The Kier molecular flexibility index (Phi) is 18.0. The smallest absolute Gasteiger partial charge is 0.328 e. The summed E-state index contributed by atoms with van der Waals surface area (Å²) >= 11 is 6.87. The minimum Gasteiger partial charge on any atom is -0.393 e. The largest absolute Gasteiger partial charge is 0.393 e. The number of hydrogen-bond donors (Lipinski definition) is 6. The van der Waals surface area contributed by atoms with Gasteiger partial charge in [-0.05, 0) is 250 Å². The zero-order valence-electron chi connectivity index (χ0n) is 51.5. The summed E-state index contributed by atoms with van der Waals surface area (Å²) in [5, 5.41) is 30.4. The van der Waals surface area contributed by atoms with E-state index < -0.39 is 26.1 Å². The van der Waals surface area contributed by atoms with E-state index in [1.54, 1.807) is 12.1 Å². The molecule has 17 heteroatoms. The predicted octanol–water partition coefficient (Wildman–Crippen LogP) is 13.0. The first-order chi connectivity index (χ1) is 39.5. The molecule has 1 aliphatic heterocycles. The maximum absolute atomic E-state index is 13.7. The zero-order chi connectivity index (χ0) is 59.0. The molecule has 6 N–H and O–H groups in total. The van der Waals surface area contributed by atoms with E-state index in [1.807, 2.05) is 6.07 Å². The normalized spacial score (nSPS) is 40.5. The van der Waals surface area contributed by atoms with Crippen LogP contribution < -0.4 is 25.0 Å². The quantitative estimate of drug-likeness (QED) is 0.0877. The van der Waals surface area contributed by atoms with Crippen LogP contribution >= 0.6 is 23.6 Å². The first kappa shape index (κ1) is 62.1. The molecule has 3 heterocycles. The average Bonchev–Trinajstić information content (AvgIpc) is 2.28. The van der Waals surface area contributed by atoms with Crippen LogP contribution in [0.25, 0.3) is 0 Å². The Morgan fingerprint density at radius 3 is 1.66 bits per heavy atom. The summed E-state index contributed by atoms with van der Waals surface area (Å²) in [4.78, 5) is 20.6. The van der Waals surface area contributed by atoms with E-state index in [1.165, 1.54) is 113 Å². The number of rotatable bonds is 16. The van der Waals surface area contributed by atoms with Gasteiger partial charge in [-0.15, -0.1) is 11.3 Å². The van der Waals surface area contributed by atoms with Gasteiger partial charge >= 0.3 is 6.03 Å². The van der Waals surface area contributed by atoms with E-state index >= 15 is 0 Å². The van der Waals surface area contributed by atoms with Crippen LogP contribution in [0, 0.1) is 105 Å². The Bertz CT molecular complexity index is 2860. The van der Waals surface area contributed by atoms with Crippen molar-refractivity contribution >= 4 is 60.6 Å². The summed E-state index contributed by atoms with van der Waals surface area (Å²) in [5.41, 5.74) is 1.05. The molecule has 11 rings (SSSR count). The number of amides is 2. The van der Waals surface area contributed by atoms with Gasteiger partial charge in [0.15, 0.2) is 5.11 Å². The number of pyridine rings is 1. The molecular weight excluding hydrogens is 1120 g/mol. The number of nitrogens with zero attached hydrogens (tertiary/aromatic N) is 2. The summed E-state index contributed by atoms with van der Waals surface area (Å²) < 4.78 is 59.2. The number of thiophene rings is 1. The van der Waals surface area contributed by atoms with Crippen molar-refractivity contribution in [2.24, 2.45) is 105 Å². The number of urea groups is 1. The second-order valence-corrected chi connectivity index (χ2v) is 35.0. The highest BCUT2D eigenvalue weighted by Gasteiger charge is 2.66. The molecule has 464 valence electrons. The van der Waals surface area contributed by atoms with Crippen molar-refractivity contribution in [1.29, 1.82) is 0 Å². The number of sulfonamides is 2. The van der Waals surface area contributed by atoms with E-state index in [0.717, 1.165) is 56.2 Å². The third-order valence-electron chi connectivity index (χ3n) is 26.5. The summed E-state index contributed by atoms with van der Waals surface area (Å²) in [6.45, 7) is 21.8. The number of aromatic nitrogens is 1. The second-order valence-electron chi connectivity index (χ2n) is 29.9. The minimum atomic E-state index is -4.16. The highest BCUT2D eigenvalue weighted by Crippen LogP contribution is 2.71. The van der Waals surface area contributed by atoms with E-state index in [2.05, 4.69) is 85.4 Å². The number of piperidine rings is 1. The molecule has 0 aromatic carbocycles. The Hall–Kier alpha value is -2.57. The molecule has 8 aliphatic carbocycles. The fourth-order valence-electron chi connectivity index (χ4n) is 22.5. The maximum atomic E-state index is 13.7. The molecule has 9 fully saturated rings. The van der Waals surface area contributed by atoms with Gasteiger partial charge in [0, 0.05) is 37.3 Å². The Balaban J connectivity index is 0.604. The lowest BCUT2D eigenvalue weighted by Gasteiger charge is -2.64. The molecule has 2 aromatic rings. The Morgan fingerprint density at radius 2 is 1.16 bits per heavy atom. The number of nitrogens with one attached hydrogen (secondary N) is 4. The van der Waals surface area contributed by atoms with Crippen molar-refractivity contribution in [1.82, 2.24) is 25.1 Å². The average molecular weight is 1220 g/mol. The van der Waals surface area contributed by atoms with E-state index in [4.69, 9.17) is 12.2 Å². The first-order valence-electron chi connectivity index (χ1n) is 33.3. The lowest BCUT2D eigenvalue weighted by molar-refractivity contribution is -0.194. The van der Waals surface area contributed by atoms with E-state index in [-0.39, 0.29) is 43.2 Å². The van der Waals surface area contributed by atoms with Crippen molar-refractivity contribution in [3.05, 3.63) is 35.3 Å². The monoisotopic (exact) mass is 1220 g/mol. The van der Waals surface area contributed by atoms with E-state index in [9.17, 15) is 31.8 Å². The van der Waals surface area contributed by atoms with Gasteiger partial charge in [0.2, 0.25) is 0 Å². The number of thiocarbonyl (C=S) groups is 1. The summed E-state index contributed by atoms with van der Waals surface area (Å²) in [6, 6.07) is 6.02. The van der Waals surface area contributed by atoms with Gasteiger partial charge in [0.1, 0.15) is 14.9 Å². The van der Waals surface area contributed by atoms with Crippen molar-refractivity contribution in [2.45, 2.75) is 224 Å². The molecule has 1 unspecified atom stereocenters. The van der Waals surface area contributed by atoms with Gasteiger partial charge in [0.25, 0.3) is 20.0 Å². The van der Waals surface area contributed by atoms with Gasteiger partial charge in [-0.3, -0.25) is 4.72 Å². The van der Waals surface area contributed by atoms with Crippen molar-refractivity contribution in [3.8, 4) is 0 Å². The highest BCUT2D eigenvalue weighted by molar-refractivity contribution is 7.93. The maximum Gasteiger partial charge on any atom is 0.328 e. The molecule has 0 spiro atoms. The van der Waals surface area contributed by atoms with Gasteiger partial charge < -0.3 is 25.7 Å². The van der Waals surface area contributed by atoms with Crippen LogP contribution in [0.3, 0.4) is 0 Å². The molecule has 1 saturated heterocycles. The van der Waals surface area contributed by atoms with Gasteiger partial charge in [0.05, 0.1) is 12.2 Å². The number of fused-ring (bicyclic) bond motifs is 10. The van der Waals surface area contributed by atoms with Crippen LogP contribution in [-0.4, -0.2) is 81.6 Å². The standard InChI is InChI=1S/C66H104N6O7S4/c1-9-44-48-15-11-13-31-63(48,5)52-25-33-65(7)46(18-20-50(65)57(52)59(44)73)40(3)27-35-67-61(75)70-82(76,77)43-17-23-55(69-39-43)72-37-29-42(30-38-72)54-22-24-56(81-54)83(78,79)71-62(80)68-36-28-41(4)47-19-21-51-58-53(26-34-66(47,51)8)64(6)32-14-12-16-49(64)45(10-2)60(58)74/h17,22-24,39-42,44-53,57-60,73-74H,9-16,18-21,25-38H2,1-8H3,(H2,67,70,75)(H2,68,71,80)/t40-,41-,44-,45-,46-,47-,48+,49+,50+,51+,52?,53+,57+,58+,59-,60-,63+,64+,65-,66-/m1/s1. The summed E-state index contributed by atoms with van der Waals surface area (Å²) in [5.74, 6) is 7.83. The van der Waals surface area contributed by atoms with Crippen LogP contribution in [0.15, 0.2) is 39.6 Å². The molecule has 8 saturated carbocycles. The molecule has 20 atom stereocenters. The van der Waals surface area contributed by atoms with Crippen molar-refractivity contribution in [3.63, 3.8) is 0 Å². The molecule has 83 heavy (non-hydrogen) atoms. The molecular formula is C66H104N6O7S4. The molecule has 0 bridgehead atoms.